The summed E-state index contributed by atoms with van der Waals surface area (Å²) in [5.74, 6) is 1.45. The fraction of sp³-hybridized carbons (Fsp3) is 0.581. The first-order valence-electron chi connectivity index (χ1n) is 14.1. The molecule has 6 heteroatoms. The Morgan fingerprint density at radius 3 is 2.49 bits per heavy atom. The van der Waals surface area contributed by atoms with E-state index in [4.69, 9.17) is 0 Å². The number of alkyl halides is 3. The lowest BCUT2D eigenvalue weighted by Crippen LogP contribution is -2.13. The van der Waals surface area contributed by atoms with Gasteiger partial charge in [-0.1, -0.05) is 62.5 Å². The van der Waals surface area contributed by atoms with E-state index in [1.165, 1.54) is 61.5 Å². The highest BCUT2D eigenvalue weighted by Crippen LogP contribution is 2.36. The number of Topliss-reactive ketones (excluding diaryl/α,β-unsaturated/α-hetero) is 1. The molecule has 0 N–H and O–H groups in total. The molecular formula is C31H39F3N2O. The molecule has 200 valence electrons. The second-order valence-electron chi connectivity index (χ2n) is 10.8. The number of rotatable bonds is 10. The van der Waals surface area contributed by atoms with Gasteiger partial charge in [0, 0.05) is 24.3 Å². The molecule has 1 aromatic carbocycles. The van der Waals surface area contributed by atoms with Crippen molar-refractivity contribution in [2.45, 2.75) is 108 Å². The number of nitrogens with zero attached hydrogens (tertiary/aromatic N) is 2. The van der Waals surface area contributed by atoms with Crippen molar-refractivity contribution in [2.24, 2.45) is 5.92 Å². The van der Waals surface area contributed by atoms with Gasteiger partial charge in [-0.05, 0) is 68.9 Å². The molecule has 0 atom stereocenters. The van der Waals surface area contributed by atoms with Crippen molar-refractivity contribution in [3.05, 3.63) is 64.7 Å². The summed E-state index contributed by atoms with van der Waals surface area (Å²) >= 11 is 0. The van der Waals surface area contributed by atoms with Gasteiger partial charge in [-0.3, -0.25) is 4.79 Å². The molecule has 0 spiro atoms. The van der Waals surface area contributed by atoms with Crippen molar-refractivity contribution in [3.63, 3.8) is 0 Å². The number of ketones is 1. The van der Waals surface area contributed by atoms with Crippen LogP contribution in [0.3, 0.4) is 0 Å². The molecule has 0 unspecified atom stereocenters. The van der Waals surface area contributed by atoms with Gasteiger partial charge in [-0.25, -0.2) is 9.97 Å². The third-order valence-electron chi connectivity index (χ3n) is 8.09. The SMILES string of the molecule is O=C(CCCCc1ccccc1C(F)(F)F)CCCC1CCCC(c2ncnc3c2C=CCC3)CCC1. The van der Waals surface area contributed by atoms with E-state index in [2.05, 4.69) is 22.1 Å². The highest BCUT2D eigenvalue weighted by atomic mass is 19.4. The molecule has 2 aliphatic carbocycles. The Bertz CT molecular complexity index is 1050. The van der Waals surface area contributed by atoms with Gasteiger partial charge in [0.1, 0.15) is 12.1 Å². The van der Waals surface area contributed by atoms with E-state index >= 15 is 0 Å². The number of fused-ring (bicyclic) bond motifs is 1. The number of carbonyl (C=O) groups excluding carboxylic acids is 1. The Balaban J connectivity index is 1.13. The molecule has 1 saturated carbocycles. The third kappa shape index (κ3) is 7.99. The summed E-state index contributed by atoms with van der Waals surface area (Å²) in [6.45, 7) is 0. The minimum atomic E-state index is -4.32. The second-order valence-corrected chi connectivity index (χ2v) is 10.8. The maximum atomic E-state index is 13.1. The highest BCUT2D eigenvalue weighted by Gasteiger charge is 2.32. The van der Waals surface area contributed by atoms with Crippen LogP contribution in [0.1, 0.15) is 117 Å². The molecule has 1 aromatic heterocycles. The topological polar surface area (TPSA) is 42.9 Å². The van der Waals surface area contributed by atoms with E-state index < -0.39 is 11.7 Å². The van der Waals surface area contributed by atoms with Crippen LogP contribution in [0.25, 0.3) is 6.08 Å². The number of benzene rings is 1. The van der Waals surface area contributed by atoms with Crippen molar-refractivity contribution < 1.29 is 18.0 Å². The number of aromatic nitrogens is 2. The first-order valence-corrected chi connectivity index (χ1v) is 14.1. The number of aryl methyl sites for hydroxylation is 2. The molecule has 0 radical (unpaired) electrons. The Kier molecular flexibility index (Phi) is 9.93. The van der Waals surface area contributed by atoms with E-state index in [1.807, 2.05) is 0 Å². The Labute approximate surface area is 219 Å². The predicted molar refractivity (Wildman–Crippen MR) is 141 cm³/mol. The second kappa shape index (κ2) is 13.3. The summed E-state index contributed by atoms with van der Waals surface area (Å²) in [5.41, 5.74) is 3.47. The van der Waals surface area contributed by atoms with E-state index in [9.17, 15) is 18.0 Å². The van der Waals surface area contributed by atoms with Crippen LogP contribution in [0.5, 0.6) is 0 Å². The zero-order valence-corrected chi connectivity index (χ0v) is 21.7. The predicted octanol–water partition coefficient (Wildman–Crippen LogP) is 8.66. The largest absolute Gasteiger partial charge is 0.416 e. The van der Waals surface area contributed by atoms with Crippen molar-refractivity contribution in [3.8, 4) is 0 Å². The maximum absolute atomic E-state index is 13.1. The van der Waals surface area contributed by atoms with Crippen LogP contribution in [0.4, 0.5) is 13.2 Å². The molecule has 2 aromatic rings. The lowest BCUT2D eigenvalue weighted by molar-refractivity contribution is -0.138. The molecule has 0 aliphatic heterocycles. The van der Waals surface area contributed by atoms with Gasteiger partial charge in [0.25, 0.3) is 0 Å². The van der Waals surface area contributed by atoms with E-state index in [0.29, 0.717) is 49.5 Å². The lowest BCUT2D eigenvalue weighted by atomic mass is 9.81. The first-order chi connectivity index (χ1) is 17.9. The van der Waals surface area contributed by atoms with E-state index in [0.717, 1.165) is 31.7 Å². The highest BCUT2D eigenvalue weighted by molar-refractivity contribution is 5.78. The summed E-state index contributed by atoms with van der Waals surface area (Å²) in [4.78, 5) is 21.5. The molecule has 4 rings (SSSR count). The smallest absolute Gasteiger partial charge is 0.300 e. The average Bonchev–Trinajstić information content (AvgIpc) is 2.87. The quantitative estimate of drug-likeness (QED) is 0.299. The molecule has 0 amide bonds. The molecule has 0 bridgehead atoms. The zero-order chi connectivity index (χ0) is 26.1. The minimum Gasteiger partial charge on any atom is -0.300 e. The van der Waals surface area contributed by atoms with Crippen LogP contribution in [-0.2, 0) is 23.8 Å². The zero-order valence-electron chi connectivity index (χ0n) is 21.7. The lowest BCUT2D eigenvalue weighted by Gasteiger charge is -2.26. The van der Waals surface area contributed by atoms with Crippen molar-refractivity contribution in [1.82, 2.24) is 9.97 Å². The number of carbonyl (C=O) groups is 1. The molecule has 1 heterocycles. The Morgan fingerprint density at radius 2 is 1.70 bits per heavy atom. The first kappa shape index (κ1) is 27.5. The summed E-state index contributed by atoms with van der Waals surface area (Å²) in [5, 5.41) is 0. The van der Waals surface area contributed by atoms with Crippen molar-refractivity contribution >= 4 is 11.9 Å². The van der Waals surface area contributed by atoms with Gasteiger partial charge in [-0.15, -0.1) is 0 Å². The Morgan fingerprint density at radius 1 is 0.946 bits per heavy atom. The minimum absolute atomic E-state index is 0.247. The molecule has 37 heavy (non-hydrogen) atoms. The van der Waals surface area contributed by atoms with Crippen LogP contribution in [0, 0.1) is 5.92 Å². The number of hydrogen-bond donors (Lipinski definition) is 0. The average molecular weight is 513 g/mol. The number of allylic oxidation sites excluding steroid dienone is 1. The third-order valence-corrected chi connectivity index (χ3v) is 8.09. The van der Waals surface area contributed by atoms with Crippen LogP contribution < -0.4 is 0 Å². The Hall–Kier alpha value is -2.50. The fourth-order valence-corrected chi connectivity index (χ4v) is 6.10. The molecule has 3 nitrogen and oxygen atoms in total. The van der Waals surface area contributed by atoms with Gasteiger partial charge in [0.15, 0.2) is 0 Å². The monoisotopic (exact) mass is 512 g/mol. The number of halogens is 3. The summed E-state index contributed by atoms with van der Waals surface area (Å²) in [6, 6.07) is 5.74. The maximum Gasteiger partial charge on any atom is 0.416 e. The van der Waals surface area contributed by atoms with Crippen LogP contribution in [-0.4, -0.2) is 15.8 Å². The van der Waals surface area contributed by atoms with Crippen molar-refractivity contribution in [2.75, 3.05) is 0 Å². The van der Waals surface area contributed by atoms with E-state index in [1.54, 1.807) is 18.5 Å². The summed E-state index contributed by atoms with van der Waals surface area (Å²) < 4.78 is 39.4. The fourth-order valence-electron chi connectivity index (χ4n) is 6.10. The molecular weight excluding hydrogens is 473 g/mol. The normalized spacial score (nSPS) is 20.2. The van der Waals surface area contributed by atoms with Gasteiger partial charge in [0.05, 0.1) is 17.0 Å². The van der Waals surface area contributed by atoms with E-state index in [-0.39, 0.29) is 5.78 Å². The number of hydrogen-bond acceptors (Lipinski definition) is 3. The molecule has 2 aliphatic rings. The molecule has 1 fully saturated rings. The van der Waals surface area contributed by atoms with Crippen LogP contribution >= 0.6 is 0 Å². The standard InChI is InChI=1S/C31H39F3N2O/c32-31(33,34)28-20-5-2-14-24(28)13-1-3-17-26(37)18-9-12-23-10-7-15-25(16-8-11-23)30-27-19-4-6-21-29(27)35-22-36-30/h2,4-5,14,19-20,22-23,25H,1,3,6-13,15-18,21H2. The van der Waals surface area contributed by atoms with Crippen LogP contribution in [0.15, 0.2) is 36.7 Å². The number of unbranched alkanes of at least 4 members (excludes halogenated alkanes) is 1. The van der Waals surface area contributed by atoms with Gasteiger partial charge in [-0.2, -0.15) is 13.2 Å². The van der Waals surface area contributed by atoms with Crippen molar-refractivity contribution in [1.29, 1.82) is 0 Å². The van der Waals surface area contributed by atoms with Gasteiger partial charge >= 0.3 is 6.18 Å². The molecule has 0 saturated heterocycles. The van der Waals surface area contributed by atoms with Crippen LogP contribution in [0.2, 0.25) is 0 Å². The van der Waals surface area contributed by atoms with Gasteiger partial charge in [0.2, 0.25) is 0 Å². The van der Waals surface area contributed by atoms with Gasteiger partial charge < -0.3 is 0 Å². The summed E-state index contributed by atoms with van der Waals surface area (Å²) in [7, 11) is 0. The summed E-state index contributed by atoms with van der Waals surface area (Å²) in [6.07, 6.45) is 15.8.